The summed E-state index contributed by atoms with van der Waals surface area (Å²) in [6.07, 6.45) is 3.81. The van der Waals surface area contributed by atoms with Gasteiger partial charge in [0.1, 0.15) is 11.6 Å². The number of fused-ring (bicyclic) bond motifs is 1. The Hall–Kier alpha value is -1.28. The van der Waals surface area contributed by atoms with Crippen molar-refractivity contribution in [1.82, 2.24) is 10.2 Å². The molecule has 184 valence electrons. The molecule has 8 atom stereocenters. The Morgan fingerprint density at radius 2 is 1.85 bits per heavy atom. The van der Waals surface area contributed by atoms with Crippen molar-refractivity contribution in [2.24, 2.45) is 28.6 Å². The van der Waals surface area contributed by atoms with E-state index in [4.69, 9.17) is 14.0 Å². The summed E-state index contributed by atoms with van der Waals surface area (Å²) in [6, 6.07) is -0.689. The van der Waals surface area contributed by atoms with Crippen molar-refractivity contribution < 1.29 is 23.6 Å². The van der Waals surface area contributed by atoms with Crippen LogP contribution in [0.1, 0.15) is 81.1 Å². The summed E-state index contributed by atoms with van der Waals surface area (Å²) in [6.45, 7) is 16.7. The van der Waals surface area contributed by atoms with Crippen LogP contribution in [0.4, 0.5) is 4.79 Å². The van der Waals surface area contributed by atoms with Crippen molar-refractivity contribution in [3.8, 4) is 0 Å². The molecule has 2 aliphatic heterocycles. The topological polar surface area (TPSA) is 77.1 Å². The van der Waals surface area contributed by atoms with E-state index in [1.54, 1.807) is 0 Å². The Morgan fingerprint density at radius 1 is 1.15 bits per heavy atom. The second-order valence-corrected chi connectivity index (χ2v) is 13.6. The Kier molecular flexibility index (Phi) is 5.07. The number of nitrogens with one attached hydrogen (secondary N) is 1. The molecule has 1 N–H and O–H groups in total. The van der Waals surface area contributed by atoms with Crippen molar-refractivity contribution in [2.45, 2.75) is 110 Å². The second-order valence-electron chi connectivity index (χ2n) is 13.6. The minimum atomic E-state index is -0.689. The molecular weight excluding hydrogens is 419 g/mol. The summed E-state index contributed by atoms with van der Waals surface area (Å²) in [5, 5.41) is 2.86. The van der Waals surface area contributed by atoms with E-state index in [9.17, 15) is 9.59 Å². The number of hydrogen-bond acceptors (Lipinski definition) is 5. The normalized spacial score (nSPS) is 42.2. The molecule has 2 heterocycles. The number of nitrogens with zero attached hydrogens (tertiary/aromatic N) is 1. The fourth-order valence-electron chi connectivity index (χ4n) is 8.01. The van der Waals surface area contributed by atoms with Crippen LogP contribution in [-0.2, 0) is 18.8 Å². The maximum atomic E-state index is 13.8. The molecule has 2 amide bonds. The van der Waals surface area contributed by atoms with Crippen LogP contribution in [0, 0.1) is 28.6 Å². The van der Waals surface area contributed by atoms with Crippen molar-refractivity contribution in [3.05, 3.63) is 0 Å². The van der Waals surface area contributed by atoms with Gasteiger partial charge in [0.25, 0.3) is 0 Å². The number of carbonyl (C=O) groups is 2. The molecule has 33 heavy (non-hydrogen) atoms. The van der Waals surface area contributed by atoms with Gasteiger partial charge in [-0.2, -0.15) is 0 Å². The van der Waals surface area contributed by atoms with Gasteiger partial charge in [0.15, 0.2) is 0 Å². The van der Waals surface area contributed by atoms with E-state index in [0.717, 1.165) is 25.2 Å². The molecule has 5 rings (SSSR count). The quantitative estimate of drug-likeness (QED) is 0.649. The Morgan fingerprint density at radius 3 is 2.48 bits per heavy atom. The van der Waals surface area contributed by atoms with Gasteiger partial charge in [0.2, 0.25) is 5.91 Å². The number of hydrogen-bond donors (Lipinski definition) is 1. The number of alkyl carbamates (subject to hydrolysis) is 1. The molecule has 3 saturated carbocycles. The smallest absolute Gasteiger partial charge is 0.444 e. The van der Waals surface area contributed by atoms with Crippen molar-refractivity contribution in [2.75, 3.05) is 6.54 Å². The molecule has 0 radical (unpaired) electrons. The van der Waals surface area contributed by atoms with Crippen LogP contribution in [-0.4, -0.2) is 59.9 Å². The first kappa shape index (κ1) is 23.5. The highest BCUT2D eigenvalue weighted by Gasteiger charge is 2.82. The summed E-state index contributed by atoms with van der Waals surface area (Å²) < 4.78 is 18.8. The van der Waals surface area contributed by atoms with Gasteiger partial charge in [-0.05, 0) is 76.0 Å². The zero-order valence-corrected chi connectivity index (χ0v) is 21.6. The molecule has 7 nitrogen and oxygen atoms in total. The third-order valence-electron chi connectivity index (χ3n) is 9.37. The van der Waals surface area contributed by atoms with Gasteiger partial charge in [-0.1, -0.05) is 27.7 Å². The summed E-state index contributed by atoms with van der Waals surface area (Å²) >= 11 is 0. The van der Waals surface area contributed by atoms with E-state index in [-0.39, 0.29) is 23.6 Å². The minimum Gasteiger partial charge on any atom is -0.444 e. The van der Waals surface area contributed by atoms with Gasteiger partial charge in [0, 0.05) is 18.6 Å². The van der Waals surface area contributed by atoms with Gasteiger partial charge in [-0.15, -0.1) is 0 Å². The van der Waals surface area contributed by atoms with Gasteiger partial charge in [0.05, 0.1) is 11.5 Å². The van der Waals surface area contributed by atoms with Crippen molar-refractivity contribution in [3.63, 3.8) is 0 Å². The van der Waals surface area contributed by atoms with Crippen LogP contribution < -0.4 is 5.32 Å². The van der Waals surface area contributed by atoms with Crippen molar-refractivity contribution >= 4 is 19.1 Å². The number of likely N-dealkylation sites (tertiary alicyclic amines) is 1. The van der Waals surface area contributed by atoms with Gasteiger partial charge in [-0.3, -0.25) is 4.79 Å². The Bertz CT molecular complexity index is 853. The van der Waals surface area contributed by atoms with Crippen LogP contribution in [0.25, 0.3) is 0 Å². The number of rotatable bonds is 3. The van der Waals surface area contributed by atoms with Crippen LogP contribution in [0.15, 0.2) is 0 Å². The SMILES string of the molecule is CC(C)(C)OC(=O)N[C@H](C(=O)N1CCC[C@H]1B1O[C@@H]2CC3CC4C3(C)C2[C@@]4(C)O1)C(C)(C)C. The molecule has 0 spiro atoms. The number of ether oxygens (including phenoxy) is 1. The average molecular weight is 460 g/mol. The van der Waals surface area contributed by atoms with Gasteiger partial charge < -0.3 is 24.3 Å². The first-order chi connectivity index (χ1) is 15.2. The highest BCUT2D eigenvalue weighted by molar-refractivity contribution is 6.47. The number of amides is 2. The van der Waals surface area contributed by atoms with E-state index in [1.807, 2.05) is 46.4 Å². The van der Waals surface area contributed by atoms with Crippen LogP contribution in [0.5, 0.6) is 0 Å². The molecule has 8 heteroatoms. The van der Waals surface area contributed by atoms with E-state index in [1.165, 1.54) is 6.42 Å². The summed E-state index contributed by atoms with van der Waals surface area (Å²) in [7, 11) is -0.395. The zero-order valence-electron chi connectivity index (χ0n) is 21.6. The lowest BCUT2D eigenvalue weighted by atomic mass is 9.34. The summed E-state index contributed by atoms with van der Waals surface area (Å²) in [5.41, 5.74) is -0.829. The molecule has 0 aromatic carbocycles. The van der Waals surface area contributed by atoms with E-state index < -0.39 is 30.3 Å². The second kappa shape index (κ2) is 7.13. The highest BCUT2D eigenvalue weighted by Crippen LogP contribution is 2.80. The lowest BCUT2D eigenvalue weighted by Crippen LogP contribution is -2.79. The third-order valence-corrected chi connectivity index (χ3v) is 9.37. The van der Waals surface area contributed by atoms with E-state index >= 15 is 0 Å². The predicted molar refractivity (Wildman–Crippen MR) is 125 cm³/mol. The van der Waals surface area contributed by atoms with Crippen LogP contribution in [0.3, 0.4) is 0 Å². The molecule has 4 unspecified atom stereocenters. The molecule has 0 bridgehead atoms. The molecule has 0 aromatic heterocycles. The first-order valence-electron chi connectivity index (χ1n) is 12.8. The minimum absolute atomic E-state index is 0.0792. The Balaban J connectivity index is 1.32. The van der Waals surface area contributed by atoms with E-state index in [0.29, 0.717) is 23.8 Å². The summed E-state index contributed by atoms with van der Waals surface area (Å²) in [4.78, 5) is 28.3. The number of carbonyl (C=O) groups excluding carboxylic acids is 2. The predicted octanol–water partition coefficient (Wildman–Crippen LogP) is 3.79. The highest BCUT2D eigenvalue weighted by atomic mass is 16.6. The van der Waals surface area contributed by atoms with Crippen molar-refractivity contribution in [1.29, 1.82) is 0 Å². The third kappa shape index (κ3) is 3.37. The van der Waals surface area contributed by atoms with Crippen LogP contribution >= 0.6 is 0 Å². The molecule has 0 aromatic rings. The fourth-order valence-corrected chi connectivity index (χ4v) is 8.01. The standard InChI is InChI=1S/C25H41BN2O5/c1-22(2,3)19(27-21(30)31-23(4,5)6)20(29)28-11-9-10-17(28)26-32-15-12-14-13-16-24(14,7)18(15)25(16,8)33-26/h14-19H,9-13H2,1-8H3,(H,27,30)/t14?,15-,16?,17+,18?,19-,24?,25+/m1/s1. The molecule has 3 aliphatic carbocycles. The largest absolute Gasteiger partial charge is 0.481 e. The maximum Gasteiger partial charge on any atom is 0.481 e. The molecule has 2 saturated heterocycles. The lowest BCUT2D eigenvalue weighted by molar-refractivity contribution is -0.312. The average Bonchev–Trinajstić information content (AvgIpc) is 3.19. The fraction of sp³-hybridized carbons (Fsp3) is 0.920. The Labute approximate surface area is 198 Å². The van der Waals surface area contributed by atoms with Gasteiger partial charge in [-0.25, -0.2) is 4.79 Å². The van der Waals surface area contributed by atoms with E-state index in [2.05, 4.69) is 19.2 Å². The molecule has 5 fully saturated rings. The maximum absolute atomic E-state index is 13.8. The molecule has 5 aliphatic rings. The first-order valence-corrected chi connectivity index (χ1v) is 12.8. The van der Waals surface area contributed by atoms with Crippen LogP contribution in [0.2, 0.25) is 0 Å². The monoisotopic (exact) mass is 460 g/mol. The summed E-state index contributed by atoms with van der Waals surface area (Å²) in [5.74, 6) is 1.65. The van der Waals surface area contributed by atoms with Gasteiger partial charge >= 0.3 is 13.2 Å². The lowest BCUT2D eigenvalue weighted by Gasteiger charge is -2.74. The zero-order chi connectivity index (χ0) is 24.1. The molecular formula is C25H41BN2O5.